The highest BCUT2D eigenvalue weighted by Crippen LogP contribution is 2.28. The minimum atomic E-state index is -0.510. The molecule has 0 bridgehead atoms. The number of nitro benzene ring substituents is 1. The van der Waals surface area contributed by atoms with Crippen molar-refractivity contribution in [1.29, 1.82) is 0 Å². The average molecular weight is 330 g/mol. The zero-order valence-electron chi connectivity index (χ0n) is 13.9. The SMILES string of the molecule is CCc1ccc(C)[n+](CC(=O)Nc2ccc([N+](=O)[O-])cc2OC)c1. The van der Waals surface area contributed by atoms with Gasteiger partial charge in [-0.1, -0.05) is 6.92 Å². The Kier molecular flexibility index (Phi) is 5.47. The van der Waals surface area contributed by atoms with Gasteiger partial charge in [0.15, 0.2) is 11.9 Å². The van der Waals surface area contributed by atoms with E-state index in [1.807, 2.05) is 29.8 Å². The molecule has 0 unspecified atom stereocenters. The van der Waals surface area contributed by atoms with Gasteiger partial charge in [0.1, 0.15) is 5.75 Å². The molecule has 7 heteroatoms. The summed E-state index contributed by atoms with van der Waals surface area (Å²) in [7, 11) is 1.40. The van der Waals surface area contributed by atoms with Crippen molar-refractivity contribution in [3.8, 4) is 5.75 Å². The van der Waals surface area contributed by atoms with Crippen LogP contribution >= 0.6 is 0 Å². The molecule has 0 aliphatic heterocycles. The zero-order chi connectivity index (χ0) is 17.7. The van der Waals surface area contributed by atoms with Gasteiger partial charge >= 0.3 is 0 Å². The van der Waals surface area contributed by atoms with Crippen molar-refractivity contribution in [2.24, 2.45) is 0 Å². The number of nitrogens with one attached hydrogen (secondary N) is 1. The molecule has 0 saturated heterocycles. The summed E-state index contributed by atoms with van der Waals surface area (Å²) in [5, 5.41) is 13.5. The van der Waals surface area contributed by atoms with E-state index in [1.165, 1.54) is 25.3 Å². The summed E-state index contributed by atoms with van der Waals surface area (Å²) in [5.74, 6) is 0.0186. The monoisotopic (exact) mass is 330 g/mol. The summed E-state index contributed by atoms with van der Waals surface area (Å²) in [6, 6.07) is 8.08. The number of rotatable bonds is 6. The van der Waals surface area contributed by atoms with Gasteiger partial charge in [0.2, 0.25) is 6.54 Å². The first kappa shape index (κ1) is 17.4. The van der Waals surface area contributed by atoms with E-state index in [9.17, 15) is 14.9 Å². The highest BCUT2D eigenvalue weighted by molar-refractivity contribution is 5.91. The number of hydrogen-bond donors (Lipinski definition) is 1. The molecule has 126 valence electrons. The van der Waals surface area contributed by atoms with Crippen molar-refractivity contribution in [1.82, 2.24) is 0 Å². The van der Waals surface area contributed by atoms with E-state index in [0.717, 1.165) is 17.7 Å². The molecule has 0 fully saturated rings. The fourth-order valence-corrected chi connectivity index (χ4v) is 2.29. The second-order valence-corrected chi connectivity index (χ2v) is 5.35. The molecule has 0 saturated carbocycles. The number of aromatic nitrogens is 1. The van der Waals surface area contributed by atoms with Crippen molar-refractivity contribution in [3.63, 3.8) is 0 Å². The van der Waals surface area contributed by atoms with E-state index in [0.29, 0.717) is 5.69 Å². The van der Waals surface area contributed by atoms with E-state index < -0.39 is 4.92 Å². The number of carbonyl (C=O) groups is 1. The molecule has 0 atom stereocenters. The first-order chi connectivity index (χ1) is 11.4. The molecule has 1 aromatic carbocycles. The zero-order valence-corrected chi connectivity index (χ0v) is 13.9. The van der Waals surface area contributed by atoms with Crippen LogP contribution < -0.4 is 14.6 Å². The Balaban J connectivity index is 2.17. The Morgan fingerprint density at radius 2 is 2.08 bits per heavy atom. The van der Waals surface area contributed by atoms with Gasteiger partial charge in [-0.25, -0.2) is 0 Å². The summed E-state index contributed by atoms with van der Waals surface area (Å²) >= 11 is 0. The lowest BCUT2D eigenvalue weighted by atomic mass is 10.2. The molecular formula is C17H20N3O4+. The second kappa shape index (κ2) is 7.54. The van der Waals surface area contributed by atoms with Crippen molar-refractivity contribution >= 4 is 17.3 Å². The number of methoxy groups -OCH3 is 1. The Morgan fingerprint density at radius 1 is 1.33 bits per heavy atom. The van der Waals surface area contributed by atoms with E-state index in [4.69, 9.17) is 4.74 Å². The molecule has 2 aromatic rings. The van der Waals surface area contributed by atoms with Crippen LogP contribution in [0, 0.1) is 17.0 Å². The third-order valence-corrected chi connectivity index (χ3v) is 3.71. The number of pyridine rings is 1. The van der Waals surface area contributed by atoms with Crippen LogP contribution in [-0.4, -0.2) is 17.9 Å². The Morgan fingerprint density at radius 3 is 2.71 bits per heavy atom. The van der Waals surface area contributed by atoms with Crippen LogP contribution in [0.3, 0.4) is 0 Å². The van der Waals surface area contributed by atoms with Crippen molar-refractivity contribution < 1.29 is 19.0 Å². The van der Waals surface area contributed by atoms with Crippen LogP contribution in [0.1, 0.15) is 18.2 Å². The predicted molar refractivity (Wildman–Crippen MR) is 89.0 cm³/mol. The average Bonchev–Trinajstić information content (AvgIpc) is 2.57. The number of benzene rings is 1. The highest BCUT2D eigenvalue weighted by atomic mass is 16.6. The van der Waals surface area contributed by atoms with Gasteiger partial charge < -0.3 is 10.1 Å². The molecule has 1 heterocycles. The maximum absolute atomic E-state index is 12.3. The van der Waals surface area contributed by atoms with E-state index in [2.05, 4.69) is 12.2 Å². The Hall–Kier alpha value is -2.96. The lowest BCUT2D eigenvalue weighted by Gasteiger charge is -2.09. The van der Waals surface area contributed by atoms with Crippen LogP contribution in [0.5, 0.6) is 5.75 Å². The lowest BCUT2D eigenvalue weighted by Crippen LogP contribution is -2.43. The second-order valence-electron chi connectivity index (χ2n) is 5.35. The van der Waals surface area contributed by atoms with E-state index >= 15 is 0 Å². The first-order valence-corrected chi connectivity index (χ1v) is 7.55. The van der Waals surface area contributed by atoms with Gasteiger partial charge in [0.05, 0.1) is 23.8 Å². The minimum Gasteiger partial charge on any atom is -0.494 e. The fraction of sp³-hybridized carbons (Fsp3) is 0.294. The third kappa shape index (κ3) is 4.07. The number of carbonyl (C=O) groups excluding carboxylic acids is 1. The Labute approximate surface area is 140 Å². The molecule has 1 amide bonds. The lowest BCUT2D eigenvalue weighted by molar-refractivity contribution is -0.690. The molecular weight excluding hydrogens is 310 g/mol. The maximum Gasteiger partial charge on any atom is 0.290 e. The fourth-order valence-electron chi connectivity index (χ4n) is 2.29. The van der Waals surface area contributed by atoms with Crippen molar-refractivity contribution in [3.05, 3.63) is 57.9 Å². The maximum atomic E-state index is 12.3. The number of ether oxygens (including phenoxy) is 1. The van der Waals surface area contributed by atoms with Crippen molar-refractivity contribution in [2.45, 2.75) is 26.8 Å². The Bertz CT molecular complexity index is 774. The van der Waals surface area contributed by atoms with Gasteiger partial charge in [-0.3, -0.25) is 14.9 Å². The van der Waals surface area contributed by atoms with Crippen LogP contribution in [0.25, 0.3) is 0 Å². The predicted octanol–water partition coefficient (Wildman–Crippen LogP) is 2.40. The van der Waals surface area contributed by atoms with Gasteiger partial charge in [0, 0.05) is 24.6 Å². The van der Waals surface area contributed by atoms with Gasteiger partial charge in [0.25, 0.3) is 11.6 Å². The molecule has 1 aromatic heterocycles. The van der Waals surface area contributed by atoms with Gasteiger partial charge in [-0.2, -0.15) is 4.57 Å². The largest absolute Gasteiger partial charge is 0.494 e. The summed E-state index contributed by atoms with van der Waals surface area (Å²) < 4.78 is 6.99. The summed E-state index contributed by atoms with van der Waals surface area (Å²) in [6.07, 6.45) is 2.83. The number of non-ortho nitro benzene ring substituents is 1. The van der Waals surface area contributed by atoms with Crippen LogP contribution in [0.2, 0.25) is 0 Å². The summed E-state index contributed by atoms with van der Waals surface area (Å²) in [5.41, 5.74) is 2.42. The smallest absolute Gasteiger partial charge is 0.290 e. The number of hydrogen-bond acceptors (Lipinski definition) is 4. The van der Waals surface area contributed by atoms with Crippen LogP contribution in [0.4, 0.5) is 11.4 Å². The standard InChI is InChI=1S/C17H19N3O4/c1-4-13-6-5-12(2)19(10-13)11-17(21)18-15-8-7-14(20(22)23)9-16(15)24-3/h5-10H,4,11H2,1-3H3/p+1. The quantitative estimate of drug-likeness (QED) is 0.501. The van der Waals surface area contributed by atoms with Crippen molar-refractivity contribution in [2.75, 3.05) is 12.4 Å². The summed E-state index contributed by atoms with van der Waals surface area (Å²) in [4.78, 5) is 22.6. The molecule has 1 N–H and O–H groups in total. The van der Waals surface area contributed by atoms with E-state index in [1.54, 1.807) is 0 Å². The highest BCUT2D eigenvalue weighted by Gasteiger charge is 2.17. The van der Waals surface area contributed by atoms with Crippen LogP contribution in [0.15, 0.2) is 36.5 Å². The molecule has 0 aliphatic rings. The third-order valence-electron chi connectivity index (χ3n) is 3.71. The normalized spacial score (nSPS) is 10.3. The topological polar surface area (TPSA) is 85.3 Å². The molecule has 0 radical (unpaired) electrons. The first-order valence-electron chi connectivity index (χ1n) is 7.55. The number of amides is 1. The number of nitro groups is 1. The molecule has 0 aliphatic carbocycles. The summed E-state index contributed by atoms with van der Waals surface area (Å²) in [6.45, 7) is 4.13. The minimum absolute atomic E-state index is 0.0919. The number of nitrogens with zero attached hydrogens (tertiary/aromatic N) is 2. The molecule has 2 rings (SSSR count). The molecule has 7 nitrogen and oxygen atoms in total. The number of aryl methyl sites for hydroxylation is 2. The van der Waals surface area contributed by atoms with Gasteiger partial charge in [-0.05, 0) is 18.6 Å². The molecule has 0 spiro atoms. The van der Waals surface area contributed by atoms with E-state index in [-0.39, 0.29) is 23.9 Å². The van der Waals surface area contributed by atoms with Crippen LogP contribution in [-0.2, 0) is 17.8 Å². The van der Waals surface area contributed by atoms with Gasteiger partial charge in [-0.15, -0.1) is 0 Å². The number of anilines is 1. The molecule has 24 heavy (non-hydrogen) atoms.